The second-order valence-corrected chi connectivity index (χ2v) is 11.9. The second kappa shape index (κ2) is 11.0. The van der Waals surface area contributed by atoms with E-state index >= 15 is 0 Å². The molecular weight excluding hydrogens is 588 g/mol. The van der Waals surface area contributed by atoms with Crippen LogP contribution in [0.4, 0.5) is 0 Å². The normalized spacial score (nSPS) is 12.7. The fourth-order valence-corrected chi connectivity index (χ4v) is 6.79. The Hall–Kier alpha value is -6.14. The first-order valence-electron chi connectivity index (χ1n) is 15.1. The van der Waals surface area contributed by atoms with Crippen LogP contribution in [0.2, 0.25) is 0 Å². The van der Waals surface area contributed by atoms with E-state index in [9.17, 15) is 19.8 Å². The van der Waals surface area contributed by atoms with Crippen molar-refractivity contribution < 1.29 is 29.3 Å². The van der Waals surface area contributed by atoms with Gasteiger partial charge in [0.15, 0.2) is 11.5 Å². The molecular formula is C41H30O6. The lowest BCUT2D eigenvalue weighted by Crippen LogP contribution is -2.30. The van der Waals surface area contributed by atoms with Crippen LogP contribution in [0.15, 0.2) is 133 Å². The van der Waals surface area contributed by atoms with Crippen molar-refractivity contribution in [1.29, 1.82) is 0 Å². The molecule has 0 radical (unpaired) electrons. The highest BCUT2D eigenvalue weighted by atomic mass is 16.6. The van der Waals surface area contributed by atoms with Crippen molar-refractivity contribution in [2.75, 3.05) is 0 Å². The molecule has 47 heavy (non-hydrogen) atoms. The van der Waals surface area contributed by atoms with Crippen LogP contribution in [-0.2, 0) is 15.0 Å². The fourth-order valence-electron chi connectivity index (χ4n) is 6.79. The van der Waals surface area contributed by atoms with Crippen LogP contribution in [0.5, 0.6) is 23.0 Å². The highest BCUT2D eigenvalue weighted by Crippen LogP contribution is 2.62. The molecule has 1 aliphatic rings. The predicted octanol–water partition coefficient (Wildman–Crippen LogP) is 8.73. The highest BCUT2D eigenvalue weighted by Gasteiger charge is 2.51. The Bertz CT molecular complexity index is 2240. The summed E-state index contributed by atoms with van der Waals surface area (Å²) in [5.74, 6) is -0.961. The summed E-state index contributed by atoms with van der Waals surface area (Å²) in [6.45, 7) is 10.7. The average Bonchev–Trinajstić information content (AvgIpc) is 3.35. The number of hydrogen-bond acceptors (Lipinski definition) is 6. The molecule has 1 aliphatic carbocycles. The summed E-state index contributed by atoms with van der Waals surface area (Å²) >= 11 is 0. The molecule has 0 aromatic heterocycles. The summed E-state index contributed by atoms with van der Waals surface area (Å²) in [7, 11) is 0. The quantitative estimate of drug-likeness (QED) is 0.110. The maximum Gasteiger partial charge on any atom is 0.338 e. The number of benzene rings is 6. The number of esters is 2. The van der Waals surface area contributed by atoms with Gasteiger partial charge in [-0.3, -0.25) is 0 Å². The van der Waals surface area contributed by atoms with Gasteiger partial charge in [-0.2, -0.15) is 0 Å². The van der Waals surface area contributed by atoms with Crippen molar-refractivity contribution in [3.05, 3.63) is 156 Å². The number of rotatable bonds is 6. The Labute approximate surface area is 271 Å². The lowest BCUT2D eigenvalue weighted by atomic mass is 9.65. The number of phenolic OH excluding ortho intramolecular Hbond substituents is 2. The van der Waals surface area contributed by atoms with E-state index in [0.717, 1.165) is 49.4 Å². The molecule has 0 saturated heterocycles. The summed E-state index contributed by atoms with van der Waals surface area (Å²) in [5, 5.41) is 24.2. The molecule has 0 unspecified atom stereocenters. The van der Waals surface area contributed by atoms with E-state index < -0.39 is 17.4 Å². The number of ether oxygens (including phenoxy) is 2. The van der Waals surface area contributed by atoms with E-state index in [1.165, 1.54) is 0 Å². The van der Waals surface area contributed by atoms with Crippen LogP contribution in [0.25, 0.3) is 32.7 Å². The second-order valence-electron chi connectivity index (χ2n) is 11.9. The van der Waals surface area contributed by atoms with Gasteiger partial charge in [-0.1, -0.05) is 92.0 Å². The monoisotopic (exact) mass is 618 g/mol. The SMILES string of the molecule is C=C(C)C(=O)Oc1ccc2c(c1OC(=O)C(=C)C)C(c1cccc3cc(O)ccc13)(c1cccc3cc(O)ccc13)c1ccccc1-2. The van der Waals surface area contributed by atoms with Crippen molar-refractivity contribution in [2.24, 2.45) is 0 Å². The topological polar surface area (TPSA) is 93.1 Å². The molecule has 6 aromatic carbocycles. The lowest BCUT2D eigenvalue weighted by Gasteiger charge is -2.36. The Morgan fingerprint density at radius 1 is 0.596 bits per heavy atom. The Balaban J connectivity index is 1.73. The summed E-state index contributed by atoms with van der Waals surface area (Å²) in [6.07, 6.45) is 0. The molecule has 6 nitrogen and oxygen atoms in total. The van der Waals surface area contributed by atoms with Crippen molar-refractivity contribution in [3.8, 4) is 34.1 Å². The zero-order valence-electron chi connectivity index (χ0n) is 25.8. The van der Waals surface area contributed by atoms with Crippen LogP contribution in [0.3, 0.4) is 0 Å². The smallest absolute Gasteiger partial charge is 0.338 e. The van der Waals surface area contributed by atoms with Crippen molar-refractivity contribution in [2.45, 2.75) is 19.3 Å². The Kier molecular flexibility index (Phi) is 6.94. The fraction of sp³-hybridized carbons (Fsp3) is 0.0732. The molecule has 0 fully saturated rings. The average molecular weight is 619 g/mol. The van der Waals surface area contributed by atoms with Crippen LogP contribution in [0, 0.1) is 0 Å². The third kappa shape index (κ3) is 4.57. The zero-order chi connectivity index (χ0) is 33.0. The minimum atomic E-state index is -1.16. The standard InChI is InChI=1S/C41H30O6/c1-23(2)39(44)46-36-20-19-32-31-11-5-6-12-35(31)41(37(32)38(36)47-40(45)24(3)4,33-13-7-9-25-21-27(42)15-17-29(25)33)34-14-8-10-26-22-28(43)16-18-30(26)34/h5-22,42-43H,1,3H2,2,4H3. The zero-order valence-corrected chi connectivity index (χ0v) is 25.8. The summed E-state index contributed by atoms with van der Waals surface area (Å²) in [4.78, 5) is 26.4. The number of carbonyl (C=O) groups is 2. The lowest BCUT2D eigenvalue weighted by molar-refractivity contribution is -0.132. The number of aromatic hydroxyl groups is 2. The number of hydrogen-bond donors (Lipinski definition) is 2. The van der Waals surface area contributed by atoms with Crippen molar-refractivity contribution in [3.63, 3.8) is 0 Å². The van der Waals surface area contributed by atoms with E-state index in [4.69, 9.17) is 9.47 Å². The maximum atomic E-state index is 13.4. The molecule has 2 N–H and O–H groups in total. The number of carbonyl (C=O) groups excluding carboxylic acids is 2. The van der Waals surface area contributed by atoms with Gasteiger partial charge in [0.05, 0.1) is 5.41 Å². The third-order valence-corrected chi connectivity index (χ3v) is 8.75. The summed E-state index contributed by atoms with van der Waals surface area (Å²) < 4.78 is 12.1. The Morgan fingerprint density at radius 3 is 1.70 bits per heavy atom. The first kappa shape index (κ1) is 29.6. The maximum absolute atomic E-state index is 13.4. The van der Waals surface area contributed by atoms with Gasteiger partial charge in [0.1, 0.15) is 11.5 Å². The van der Waals surface area contributed by atoms with Gasteiger partial charge in [0, 0.05) is 16.7 Å². The van der Waals surface area contributed by atoms with Crippen LogP contribution < -0.4 is 9.47 Å². The largest absolute Gasteiger partial charge is 0.508 e. The number of fused-ring (bicyclic) bond motifs is 5. The van der Waals surface area contributed by atoms with Gasteiger partial charge in [0.25, 0.3) is 0 Å². The van der Waals surface area contributed by atoms with Crippen molar-refractivity contribution >= 4 is 33.5 Å². The van der Waals surface area contributed by atoms with E-state index in [1.807, 2.05) is 72.8 Å². The van der Waals surface area contributed by atoms with Crippen molar-refractivity contribution in [1.82, 2.24) is 0 Å². The summed E-state index contributed by atoms with van der Waals surface area (Å²) in [6, 6.07) is 33.8. The van der Waals surface area contributed by atoms with Crippen LogP contribution in [0.1, 0.15) is 36.1 Å². The molecule has 6 heteroatoms. The van der Waals surface area contributed by atoms with E-state index in [2.05, 4.69) is 19.2 Å². The van der Waals surface area contributed by atoms with Gasteiger partial charge in [0.2, 0.25) is 0 Å². The molecule has 0 aliphatic heterocycles. The minimum absolute atomic E-state index is 0.0549. The van der Waals surface area contributed by atoms with Gasteiger partial charge in [-0.25, -0.2) is 9.59 Å². The van der Waals surface area contributed by atoms with E-state index in [-0.39, 0.29) is 34.1 Å². The van der Waals surface area contributed by atoms with Crippen LogP contribution in [-0.4, -0.2) is 22.2 Å². The molecule has 0 bridgehead atoms. The summed E-state index contributed by atoms with van der Waals surface area (Å²) in [5.41, 5.74) is 4.08. The molecule has 7 rings (SSSR count). The molecule has 0 saturated carbocycles. The molecule has 6 aromatic rings. The van der Waals surface area contributed by atoms with Gasteiger partial charge in [-0.15, -0.1) is 0 Å². The van der Waals surface area contributed by atoms with Gasteiger partial charge in [-0.05, 0) is 93.5 Å². The van der Waals surface area contributed by atoms with Gasteiger partial charge < -0.3 is 19.7 Å². The predicted molar refractivity (Wildman–Crippen MR) is 183 cm³/mol. The molecule has 0 amide bonds. The van der Waals surface area contributed by atoms with E-state index in [1.54, 1.807) is 44.2 Å². The highest BCUT2D eigenvalue weighted by molar-refractivity contribution is 6.01. The van der Waals surface area contributed by atoms with Crippen LogP contribution >= 0.6 is 0 Å². The first-order chi connectivity index (χ1) is 22.6. The van der Waals surface area contributed by atoms with Gasteiger partial charge >= 0.3 is 11.9 Å². The molecule has 0 heterocycles. The first-order valence-corrected chi connectivity index (χ1v) is 15.1. The third-order valence-electron chi connectivity index (χ3n) is 8.75. The Morgan fingerprint density at radius 2 is 1.13 bits per heavy atom. The molecule has 230 valence electrons. The van der Waals surface area contributed by atoms with E-state index in [0.29, 0.717) is 5.56 Å². The molecule has 0 spiro atoms. The molecule has 0 atom stereocenters. The number of phenols is 2. The minimum Gasteiger partial charge on any atom is -0.508 e.